The van der Waals surface area contributed by atoms with Gasteiger partial charge in [0.1, 0.15) is 23.0 Å². The van der Waals surface area contributed by atoms with Crippen molar-refractivity contribution in [3.05, 3.63) is 161 Å². The molecular weight excluding hydrogens is 875 g/mol. The van der Waals surface area contributed by atoms with E-state index < -0.39 is 0 Å². The van der Waals surface area contributed by atoms with Crippen LogP contribution in [0, 0.1) is 0 Å². The van der Waals surface area contributed by atoms with E-state index in [-0.39, 0.29) is 27.1 Å². The van der Waals surface area contributed by atoms with Gasteiger partial charge in [-0.2, -0.15) is 0 Å². The normalized spacial score (nSPS) is 15.6. The lowest BCUT2D eigenvalue weighted by Crippen LogP contribution is -2.35. The molecule has 4 aliphatic rings. The second-order valence-corrected chi connectivity index (χ2v) is 24.8. The Morgan fingerprint density at radius 3 is 1.66 bits per heavy atom. The third-order valence-corrected chi connectivity index (χ3v) is 15.3. The van der Waals surface area contributed by atoms with Gasteiger partial charge in [0.15, 0.2) is 23.0 Å². The highest BCUT2D eigenvalue weighted by molar-refractivity contribution is 6.10. The predicted molar refractivity (Wildman–Crippen MR) is 292 cm³/mol. The zero-order chi connectivity index (χ0) is 49.9. The number of nitrogens with zero attached hydrogens (tertiary/aromatic N) is 5. The molecule has 0 spiro atoms. The number of ether oxygens (including phenoxy) is 3. The van der Waals surface area contributed by atoms with Crippen LogP contribution in [0.2, 0.25) is 0 Å². The van der Waals surface area contributed by atoms with Crippen LogP contribution < -0.4 is 28.9 Å². The first-order valence-corrected chi connectivity index (χ1v) is 25.2. The van der Waals surface area contributed by atoms with Crippen LogP contribution in [0.4, 0.5) is 28.4 Å². The minimum absolute atomic E-state index is 0.00995. The fraction of sp³-hybridized carbons (Fsp3) is 0.317. The van der Waals surface area contributed by atoms with Gasteiger partial charge in [-0.25, -0.2) is 4.98 Å². The molecule has 0 unspecified atom stereocenters. The standard InChI is InChI=1S/C63H65N5O3/c1-59(2,3)37-18-21-49-46(26-37)45-20-19-44(35-50(45)67(49)55-31-38(22-23-64-55)60(4,5)6)69-43-17-15-16-41(32-43)65-24-25-66(36-65)42-33-53-58-54(34-42)71-52-30-40(62(10,11)12)28-48-57(52)68(58)56-47(63(48,13)14)27-39(61(7,8)9)29-51(56)70-53/h15-35H,36H2,1-14H3. The van der Waals surface area contributed by atoms with Crippen LogP contribution in [0.1, 0.15) is 130 Å². The summed E-state index contributed by atoms with van der Waals surface area (Å²) in [6, 6.07) is 39.6. The molecule has 8 aromatic rings. The summed E-state index contributed by atoms with van der Waals surface area (Å²) in [5.41, 5.74) is 14.5. The Morgan fingerprint density at radius 2 is 1.06 bits per heavy atom. The van der Waals surface area contributed by atoms with E-state index >= 15 is 0 Å². The zero-order valence-electron chi connectivity index (χ0n) is 43.8. The van der Waals surface area contributed by atoms with Crippen molar-refractivity contribution < 1.29 is 14.2 Å². The van der Waals surface area contributed by atoms with Gasteiger partial charge in [0, 0.05) is 70.4 Å². The molecule has 71 heavy (non-hydrogen) atoms. The number of hydrogen-bond acceptors (Lipinski definition) is 7. The van der Waals surface area contributed by atoms with Crippen molar-refractivity contribution in [1.82, 2.24) is 9.55 Å². The Kier molecular flexibility index (Phi) is 9.45. The highest BCUT2D eigenvalue weighted by Crippen LogP contribution is 2.68. The molecule has 6 aromatic carbocycles. The molecule has 360 valence electrons. The van der Waals surface area contributed by atoms with Gasteiger partial charge in [0.05, 0.1) is 29.1 Å². The molecule has 12 rings (SSSR count). The van der Waals surface area contributed by atoms with Crippen molar-refractivity contribution in [3.63, 3.8) is 0 Å². The van der Waals surface area contributed by atoms with Crippen LogP contribution >= 0.6 is 0 Å². The van der Waals surface area contributed by atoms with Crippen LogP contribution in [0.5, 0.6) is 34.5 Å². The van der Waals surface area contributed by atoms with Crippen LogP contribution in [-0.2, 0) is 27.1 Å². The molecule has 0 saturated carbocycles. The number of anilines is 5. The molecule has 0 amide bonds. The SMILES string of the molecule is CC(C)(C)c1ccnc(-n2c3ccc(C(C)(C)C)cc3c3ccc(Oc4cccc(N5C=CN(c6cc7c8c(c6)Oc6cc(C(C)(C)C)cc9c6N8c6c(cc(C(C)(C)C)cc6C9(C)C)O7)C5)c4)cc32)c1. The average Bonchev–Trinajstić information content (AvgIpc) is 3.92. The minimum atomic E-state index is -0.288. The van der Waals surface area contributed by atoms with Gasteiger partial charge >= 0.3 is 0 Å². The average molecular weight is 940 g/mol. The van der Waals surface area contributed by atoms with Crippen LogP contribution in [0.15, 0.2) is 128 Å². The monoisotopic (exact) mass is 940 g/mol. The summed E-state index contributed by atoms with van der Waals surface area (Å²) < 4.78 is 23.1. The Hall–Kier alpha value is -7.19. The fourth-order valence-electron chi connectivity index (χ4n) is 10.9. The predicted octanol–water partition coefficient (Wildman–Crippen LogP) is 17.2. The molecule has 0 saturated heterocycles. The smallest absolute Gasteiger partial charge is 0.157 e. The molecule has 0 fully saturated rings. The highest BCUT2D eigenvalue weighted by Gasteiger charge is 2.48. The van der Waals surface area contributed by atoms with Crippen LogP contribution in [0.25, 0.3) is 27.6 Å². The third kappa shape index (κ3) is 7.18. The summed E-state index contributed by atoms with van der Waals surface area (Å²) in [7, 11) is 0. The highest BCUT2D eigenvalue weighted by atomic mass is 16.5. The first-order valence-electron chi connectivity index (χ1n) is 25.2. The molecule has 8 nitrogen and oxygen atoms in total. The van der Waals surface area contributed by atoms with E-state index in [0.717, 1.165) is 85.2 Å². The Morgan fingerprint density at radius 1 is 0.493 bits per heavy atom. The topological polar surface area (TPSA) is 55.2 Å². The van der Waals surface area contributed by atoms with Crippen molar-refractivity contribution in [2.45, 2.75) is 124 Å². The Bertz CT molecular complexity index is 3490. The minimum Gasteiger partial charge on any atom is -0.457 e. The maximum Gasteiger partial charge on any atom is 0.157 e. The molecule has 0 N–H and O–H groups in total. The van der Waals surface area contributed by atoms with Gasteiger partial charge in [-0.15, -0.1) is 0 Å². The summed E-state index contributed by atoms with van der Waals surface area (Å²) in [5.74, 6) is 5.73. The van der Waals surface area contributed by atoms with Crippen molar-refractivity contribution in [3.8, 4) is 40.3 Å². The largest absolute Gasteiger partial charge is 0.457 e. The molecule has 0 aliphatic carbocycles. The van der Waals surface area contributed by atoms with E-state index in [9.17, 15) is 0 Å². The van der Waals surface area contributed by atoms with Gasteiger partial charge < -0.3 is 24.0 Å². The Balaban J connectivity index is 0.873. The van der Waals surface area contributed by atoms with Crippen molar-refractivity contribution in [1.29, 1.82) is 0 Å². The molecule has 8 heteroatoms. The number of fused-ring (bicyclic) bond motifs is 3. The van der Waals surface area contributed by atoms with Gasteiger partial charge in [-0.05, 0) is 116 Å². The molecule has 0 atom stereocenters. The Labute approximate surface area is 419 Å². The van der Waals surface area contributed by atoms with E-state index in [4.69, 9.17) is 19.2 Å². The van der Waals surface area contributed by atoms with Gasteiger partial charge in [-0.3, -0.25) is 9.47 Å². The first-order chi connectivity index (χ1) is 33.4. The summed E-state index contributed by atoms with van der Waals surface area (Å²) in [4.78, 5) is 11.9. The summed E-state index contributed by atoms with van der Waals surface area (Å²) in [6.45, 7) is 32.5. The fourth-order valence-corrected chi connectivity index (χ4v) is 10.9. The first kappa shape index (κ1) is 45.0. The van der Waals surface area contributed by atoms with E-state index in [2.05, 4.69) is 232 Å². The maximum absolute atomic E-state index is 7.05. The number of rotatable bonds is 5. The van der Waals surface area contributed by atoms with Crippen LogP contribution in [-0.4, -0.2) is 16.2 Å². The number of benzene rings is 6. The summed E-state index contributed by atoms with van der Waals surface area (Å²) in [6.07, 6.45) is 6.19. The molecule has 0 radical (unpaired) electrons. The van der Waals surface area contributed by atoms with Crippen molar-refractivity contribution >= 4 is 50.2 Å². The summed E-state index contributed by atoms with van der Waals surface area (Å²) in [5, 5.41) is 2.37. The van der Waals surface area contributed by atoms with E-state index in [1.54, 1.807) is 0 Å². The van der Waals surface area contributed by atoms with Crippen LogP contribution in [0.3, 0.4) is 0 Å². The second kappa shape index (κ2) is 14.9. The molecule has 4 aliphatic heterocycles. The lowest BCUT2D eigenvalue weighted by Gasteiger charge is -2.48. The molecule has 6 heterocycles. The van der Waals surface area contributed by atoms with Gasteiger partial charge in [-0.1, -0.05) is 121 Å². The summed E-state index contributed by atoms with van der Waals surface area (Å²) >= 11 is 0. The van der Waals surface area contributed by atoms with Crippen molar-refractivity contribution in [2.24, 2.45) is 0 Å². The van der Waals surface area contributed by atoms with Gasteiger partial charge in [0.25, 0.3) is 0 Å². The van der Waals surface area contributed by atoms with Crippen molar-refractivity contribution in [2.75, 3.05) is 21.4 Å². The third-order valence-electron chi connectivity index (χ3n) is 15.3. The molecule has 0 bridgehead atoms. The van der Waals surface area contributed by atoms with E-state index in [1.165, 1.54) is 38.8 Å². The quantitative estimate of drug-likeness (QED) is 0.170. The number of pyridine rings is 1. The lowest BCUT2D eigenvalue weighted by molar-refractivity contribution is 0.434. The second-order valence-electron chi connectivity index (χ2n) is 24.8. The van der Waals surface area contributed by atoms with Gasteiger partial charge in [0.2, 0.25) is 0 Å². The zero-order valence-corrected chi connectivity index (χ0v) is 43.8. The molecule has 2 aromatic heterocycles. The molecular formula is C63H65N5O3. The van der Waals surface area contributed by atoms with E-state index in [1.807, 2.05) is 12.3 Å². The van der Waals surface area contributed by atoms with E-state index in [0.29, 0.717) is 6.67 Å². The maximum atomic E-state index is 7.05. The lowest BCUT2D eigenvalue weighted by atomic mass is 9.69. The number of aromatic nitrogens is 2. The number of hydrogen-bond donors (Lipinski definition) is 0.